The zero-order chi connectivity index (χ0) is 11.7. The van der Waals surface area contributed by atoms with E-state index in [4.69, 9.17) is 0 Å². The first-order chi connectivity index (χ1) is 7.60. The normalized spacial score (nSPS) is 11.3. The number of benzene rings is 1. The van der Waals surface area contributed by atoms with E-state index in [1.54, 1.807) is 0 Å². The fraction of sp³-hybridized carbons (Fsp3) is 0.222. The third kappa shape index (κ3) is 2.13. The van der Waals surface area contributed by atoms with E-state index >= 15 is 0 Å². The summed E-state index contributed by atoms with van der Waals surface area (Å²) in [6.07, 6.45) is 0. The number of halogens is 4. The molecular weight excluding hydrogens is 289 g/mol. The predicted molar refractivity (Wildman–Crippen MR) is 55.3 cm³/mol. The maximum absolute atomic E-state index is 13.3. The Labute approximate surface area is 96.7 Å². The number of hydrogen-bond donors (Lipinski definition) is 1. The SMILES string of the molecule is Fc1cc2[nH]c(CBr)nc2cc1OC(F)F. The van der Waals surface area contributed by atoms with E-state index in [0.717, 1.165) is 12.1 Å². The quantitative estimate of drug-likeness (QED) is 0.883. The minimum Gasteiger partial charge on any atom is -0.432 e. The second-order valence-electron chi connectivity index (χ2n) is 3.00. The second kappa shape index (κ2) is 4.32. The number of aromatic nitrogens is 2. The van der Waals surface area contributed by atoms with Gasteiger partial charge >= 0.3 is 6.61 Å². The minimum absolute atomic E-state index is 0.381. The molecule has 0 aliphatic rings. The lowest BCUT2D eigenvalue weighted by Crippen LogP contribution is -2.03. The van der Waals surface area contributed by atoms with Crippen LogP contribution >= 0.6 is 15.9 Å². The van der Waals surface area contributed by atoms with Gasteiger partial charge in [0, 0.05) is 12.1 Å². The number of nitrogens with one attached hydrogen (secondary N) is 1. The van der Waals surface area contributed by atoms with E-state index in [2.05, 4.69) is 30.6 Å². The number of aromatic amines is 1. The average molecular weight is 295 g/mol. The molecule has 7 heteroatoms. The molecule has 0 amide bonds. The second-order valence-corrected chi connectivity index (χ2v) is 3.56. The van der Waals surface area contributed by atoms with Gasteiger partial charge in [0.25, 0.3) is 0 Å². The van der Waals surface area contributed by atoms with Crippen molar-refractivity contribution in [2.24, 2.45) is 0 Å². The number of imidazole rings is 1. The van der Waals surface area contributed by atoms with E-state index in [-0.39, 0.29) is 0 Å². The molecule has 1 N–H and O–H groups in total. The van der Waals surface area contributed by atoms with Crippen molar-refractivity contribution in [1.29, 1.82) is 0 Å². The number of nitrogens with zero attached hydrogens (tertiary/aromatic N) is 1. The van der Waals surface area contributed by atoms with Crippen LogP contribution in [0.25, 0.3) is 11.0 Å². The number of H-pyrrole nitrogens is 1. The van der Waals surface area contributed by atoms with Gasteiger partial charge in [-0.1, -0.05) is 15.9 Å². The summed E-state index contributed by atoms with van der Waals surface area (Å²) in [4.78, 5) is 6.87. The van der Waals surface area contributed by atoms with Crippen LogP contribution in [0.4, 0.5) is 13.2 Å². The van der Waals surface area contributed by atoms with Gasteiger partial charge in [-0.2, -0.15) is 8.78 Å². The van der Waals surface area contributed by atoms with E-state index in [1.807, 2.05) is 0 Å². The van der Waals surface area contributed by atoms with Gasteiger partial charge in [0.15, 0.2) is 11.6 Å². The molecule has 0 fully saturated rings. The number of hydrogen-bond acceptors (Lipinski definition) is 2. The van der Waals surface area contributed by atoms with Crippen molar-refractivity contribution in [3.05, 3.63) is 23.8 Å². The number of alkyl halides is 3. The van der Waals surface area contributed by atoms with Crippen LogP contribution in [0.3, 0.4) is 0 Å². The molecule has 0 atom stereocenters. The topological polar surface area (TPSA) is 37.9 Å². The van der Waals surface area contributed by atoms with E-state index in [1.165, 1.54) is 0 Å². The van der Waals surface area contributed by atoms with Crippen molar-refractivity contribution in [3.63, 3.8) is 0 Å². The molecular formula is C9H6BrF3N2O. The lowest BCUT2D eigenvalue weighted by Gasteiger charge is -2.04. The average Bonchev–Trinajstić information content (AvgIpc) is 2.59. The van der Waals surface area contributed by atoms with Gasteiger partial charge in [-0.15, -0.1) is 0 Å². The molecule has 86 valence electrons. The maximum Gasteiger partial charge on any atom is 0.387 e. The number of ether oxygens (including phenoxy) is 1. The Kier molecular flexibility index (Phi) is 3.04. The predicted octanol–water partition coefficient (Wildman–Crippen LogP) is 3.20. The standard InChI is InChI=1S/C9H6BrF3N2O/c10-3-8-14-5-1-4(11)7(16-9(12)13)2-6(5)15-8/h1-2,9H,3H2,(H,14,15). The molecule has 3 nitrogen and oxygen atoms in total. The van der Waals surface area contributed by atoms with Crippen molar-refractivity contribution in [2.45, 2.75) is 11.9 Å². The molecule has 0 radical (unpaired) electrons. The van der Waals surface area contributed by atoms with Crippen LogP contribution in [0.2, 0.25) is 0 Å². The highest BCUT2D eigenvalue weighted by Crippen LogP contribution is 2.25. The molecule has 1 aromatic carbocycles. The summed E-state index contributed by atoms with van der Waals surface area (Å²) in [6.45, 7) is -3.05. The summed E-state index contributed by atoms with van der Waals surface area (Å²) in [5.41, 5.74) is 0.820. The van der Waals surface area contributed by atoms with Crippen LogP contribution in [0.5, 0.6) is 5.75 Å². The summed E-state index contributed by atoms with van der Waals surface area (Å²) in [5, 5.41) is 0.467. The fourth-order valence-corrected chi connectivity index (χ4v) is 1.58. The van der Waals surface area contributed by atoms with Crippen molar-refractivity contribution < 1.29 is 17.9 Å². The fourth-order valence-electron chi connectivity index (χ4n) is 1.31. The van der Waals surface area contributed by atoms with Gasteiger partial charge in [-0.3, -0.25) is 0 Å². The lowest BCUT2D eigenvalue weighted by atomic mass is 10.3. The molecule has 0 aliphatic heterocycles. The van der Waals surface area contributed by atoms with Crippen LogP contribution in [-0.4, -0.2) is 16.6 Å². The van der Waals surface area contributed by atoms with Gasteiger partial charge in [0.05, 0.1) is 16.4 Å². The Hall–Kier alpha value is -1.24. The Balaban J connectivity index is 2.47. The van der Waals surface area contributed by atoms with Crippen LogP contribution in [-0.2, 0) is 5.33 Å². The smallest absolute Gasteiger partial charge is 0.387 e. The van der Waals surface area contributed by atoms with E-state index in [0.29, 0.717) is 22.2 Å². The molecule has 1 heterocycles. The third-order valence-corrected chi connectivity index (χ3v) is 2.46. The van der Waals surface area contributed by atoms with Crippen LogP contribution in [0, 0.1) is 5.82 Å². The molecule has 0 spiro atoms. The molecule has 1 aromatic heterocycles. The van der Waals surface area contributed by atoms with Gasteiger partial charge in [0.2, 0.25) is 0 Å². The summed E-state index contributed by atoms with van der Waals surface area (Å²) >= 11 is 3.17. The van der Waals surface area contributed by atoms with Crippen molar-refractivity contribution in [2.75, 3.05) is 0 Å². The molecule has 0 aliphatic carbocycles. The van der Waals surface area contributed by atoms with Gasteiger partial charge in [0.1, 0.15) is 5.82 Å². The minimum atomic E-state index is -3.05. The first-order valence-electron chi connectivity index (χ1n) is 4.29. The Morgan fingerprint density at radius 2 is 2.19 bits per heavy atom. The maximum atomic E-state index is 13.3. The van der Waals surface area contributed by atoms with E-state index < -0.39 is 18.2 Å². The highest BCUT2D eigenvalue weighted by molar-refractivity contribution is 9.08. The zero-order valence-electron chi connectivity index (χ0n) is 7.81. The molecule has 0 unspecified atom stereocenters. The Morgan fingerprint density at radius 1 is 1.44 bits per heavy atom. The highest BCUT2D eigenvalue weighted by Gasteiger charge is 2.13. The number of rotatable bonds is 3. The van der Waals surface area contributed by atoms with Gasteiger partial charge in [-0.25, -0.2) is 9.37 Å². The first kappa shape index (κ1) is 11.3. The van der Waals surface area contributed by atoms with Crippen LogP contribution < -0.4 is 4.74 Å². The first-order valence-corrected chi connectivity index (χ1v) is 5.41. The lowest BCUT2D eigenvalue weighted by molar-refractivity contribution is -0.0520. The monoisotopic (exact) mass is 294 g/mol. The molecule has 2 aromatic rings. The molecule has 0 bridgehead atoms. The van der Waals surface area contributed by atoms with Crippen LogP contribution in [0.1, 0.15) is 5.82 Å². The van der Waals surface area contributed by atoms with Crippen LogP contribution in [0.15, 0.2) is 12.1 Å². The summed E-state index contributed by atoms with van der Waals surface area (Å²) in [6, 6.07) is 2.21. The molecule has 0 saturated heterocycles. The van der Waals surface area contributed by atoms with E-state index in [9.17, 15) is 13.2 Å². The third-order valence-electron chi connectivity index (χ3n) is 1.93. The highest BCUT2D eigenvalue weighted by atomic mass is 79.9. The van der Waals surface area contributed by atoms with Gasteiger partial charge in [-0.05, 0) is 0 Å². The summed E-state index contributed by atoms with van der Waals surface area (Å²) < 4.78 is 41.2. The number of fused-ring (bicyclic) bond motifs is 1. The summed E-state index contributed by atoms with van der Waals surface area (Å²) in [7, 11) is 0. The van der Waals surface area contributed by atoms with Gasteiger partial charge < -0.3 is 9.72 Å². The molecule has 16 heavy (non-hydrogen) atoms. The van der Waals surface area contributed by atoms with Crippen molar-refractivity contribution >= 4 is 27.0 Å². The Bertz CT molecular complexity index is 515. The molecule has 2 rings (SSSR count). The Morgan fingerprint density at radius 3 is 2.81 bits per heavy atom. The van der Waals surface area contributed by atoms with Crippen molar-refractivity contribution in [1.82, 2.24) is 9.97 Å². The van der Waals surface area contributed by atoms with Crippen molar-refractivity contribution in [3.8, 4) is 5.75 Å². The zero-order valence-corrected chi connectivity index (χ0v) is 9.39. The summed E-state index contributed by atoms with van der Waals surface area (Å²) in [5.74, 6) is -0.767. The largest absolute Gasteiger partial charge is 0.432 e. The molecule has 0 saturated carbocycles.